The van der Waals surface area contributed by atoms with E-state index >= 15 is 17.6 Å². The smallest absolute Gasteiger partial charge is 0.128 e. The average Bonchev–Trinajstić information content (AvgIpc) is 2.99. The molecule has 46 heavy (non-hydrogen) atoms. The number of hydrogen-bond donors (Lipinski definition) is 1. The molecule has 1 saturated carbocycles. The quantitative estimate of drug-likeness (QED) is 0.204. The van der Waals surface area contributed by atoms with Crippen molar-refractivity contribution in [3.05, 3.63) is 117 Å². The van der Waals surface area contributed by atoms with Crippen molar-refractivity contribution in [2.75, 3.05) is 14.1 Å². The Morgan fingerprint density at radius 3 is 0.913 bits per heavy atom. The largest absolute Gasteiger partial charge is 0.337 e. The Morgan fingerprint density at radius 1 is 0.435 bits per heavy atom. The highest BCUT2D eigenvalue weighted by atomic mass is 19.2. The fourth-order valence-corrected chi connectivity index (χ4v) is 6.73. The van der Waals surface area contributed by atoms with E-state index in [1.807, 2.05) is 0 Å². The number of halogens is 8. The highest BCUT2D eigenvalue weighted by Crippen LogP contribution is 2.22. The van der Waals surface area contributed by atoms with E-state index in [4.69, 9.17) is 0 Å². The van der Waals surface area contributed by atoms with Crippen LogP contribution >= 0.6 is 0 Å². The summed E-state index contributed by atoms with van der Waals surface area (Å²) in [5, 5.41) is 0. The molecule has 0 spiro atoms. The van der Waals surface area contributed by atoms with Crippen LogP contribution in [0.5, 0.6) is 0 Å². The SMILES string of the molecule is C[NH+](C)C1CCCCC1.Cc1cc([B-](c2cc(C)c(F)cc2F)(c2cc(C)c(F)cc2F)c2cc(C)c(F)cc2F)c(F)cc1F. The minimum atomic E-state index is -3.62. The predicted octanol–water partition coefficient (Wildman–Crippen LogP) is 5.87. The van der Waals surface area contributed by atoms with E-state index in [-0.39, 0.29) is 22.3 Å². The molecule has 0 aliphatic heterocycles. The summed E-state index contributed by atoms with van der Waals surface area (Å²) in [6.45, 7) is 5.07. The van der Waals surface area contributed by atoms with Crippen molar-refractivity contribution in [1.82, 2.24) is 0 Å². The van der Waals surface area contributed by atoms with Gasteiger partial charge in [0.25, 0.3) is 0 Å². The van der Waals surface area contributed by atoms with Crippen molar-refractivity contribution in [3.8, 4) is 0 Å². The van der Waals surface area contributed by atoms with Gasteiger partial charge >= 0.3 is 0 Å². The minimum absolute atomic E-state index is 0.139. The zero-order chi connectivity index (χ0) is 34.1. The molecular formula is C36H38BF8N. The van der Waals surface area contributed by atoms with Crippen LogP contribution in [0.15, 0.2) is 48.5 Å². The van der Waals surface area contributed by atoms with Gasteiger partial charge in [-0.2, -0.15) is 21.9 Å². The Balaban J connectivity index is 0.000000459. The number of hydrogen-bond acceptors (Lipinski definition) is 0. The van der Waals surface area contributed by atoms with E-state index in [1.54, 1.807) is 4.90 Å². The molecule has 1 N–H and O–H groups in total. The van der Waals surface area contributed by atoms with E-state index in [1.165, 1.54) is 59.8 Å². The lowest BCUT2D eigenvalue weighted by Crippen LogP contribution is -3.10. The molecule has 5 rings (SSSR count). The average molecular weight is 648 g/mol. The van der Waals surface area contributed by atoms with E-state index < -0.39 is 74.5 Å². The molecule has 0 bridgehead atoms. The molecular weight excluding hydrogens is 609 g/mol. The van der Waals surface area contributed by atoms with E-state index in [0.29, 0.717) is 24.3 Å². The molecule has 4 aromatic carbocycles. The van der Waals surface area contributed by atoms with Crippen LogP contribution in [-0.2, 0) is 0 Å². The van der Waals surface area contributed by atoms with Crippen LogP contribution in [0, 0.1) is 74.2 Å². The molecule has 246 valence electrons. The summed E-state index contributed by atoms with van der Waals surface area (Å²) in [5.74, 6) is -9.05. The van der Waals surface area contributed by atoms with Gasteiger partial charge in [0.1, 0.15) is 29.4 Å². The summed E-state index contributed by atoms with van der Waals surface area (Å²) in [6.07, 6.45) is 3.71. The van der Waals surface area contributed by atoms with Crippen LogP contribution in [0.2, 0.25) is 0 Å². The van der Waals surface area contributed by atoms with E-state index in [9.17, 15) is 17.6 Å². The van der Waals surface area contributed by atoms with Gasteiger partial charge in [-0.05, 0) is 75.6 Å². The standard InChI is InChI=1S/C28H20BF8.C8H17N/c1-13-5-17(25(34)9-21(13)30)29(18-6-14(2)22(31)10-26(18)35,19-7-15(3)23(32)11-27(19)36)20-8-16(4)24(33)12-28(20)37;1-9(2)8-6-4-3-5-7-8/h5-12H,1-4H3;8H,3-7H2,1-2H3/q-1;/p+1. The fraction of sp³-hybridized carbons (Fsp3) is 0.333. The molecule has 0 saturated heterocycles. The van der Waals surface area contributed by atoms with Gasteiger partial charge in [0.05, 0.1) is 43.4 Å². The van der Waals surface area contributed by atoms with Crippen molar-refractivity contribution in [3.63, 3.8) is 0 Å². The molecule has 1 nitrogen and oxygen atoms in total. The topological polar surface area (TPSA) is 4.44 Å². The lowest BCUT2D eigenvalue weighted by molar-refractivity contribution is -0.887. The van der Waals surface area contributed by atoms with Crippen molar-refractivity contribution >= 4 is 28.0 Å². The van der Waals surface area contributed by atoms with Crippen LogP contribution in [0.4, 0.5) is 35.1 Å². The molecule has 1 aliphatic carbocycles. The third-order valence-corrected chi connectivity index (χ3v) is 9.40. The lowest BCUT2D eigenvalue weighted by Gasteiger charge is -2.45. The highest BCUT2D eigenvalue weighted by molar-refractivity contribution is 7.20. The van der Waals surface area contributed by atoms with Crippen molar-refractivity contribution in [2.24, 2.45) is 0 Å². The molecule has 1 aliphatic rings. The first kappa shape index (κ1) is 35.2. The number of rotatable bonds is 5. The number of nitrogens with one attached hydrogen (secondary N) is 1. The van der Waals surface area contributed by atoms with Crippen LogP contribution in [0.25, 0.3) is 0 Å². The monoisotopic (exact) mass is 647 g/mol. The summed E-state index contributed by atoms with van der Waals surface area (Å²) >= 11 is 0. The Bertz CT molecular complexity index is 1510. The molecule has 0 heterocycles. The Morgan fingerprint density at radius 2 is 0.696 bits per heavy atom. The molecule has 0 amide bonds. The first-order valence-corrected chi connectivity index (χ1v) is 15.4. The maximum absolute atomic E-state index is 15.7. The third kappa shape index (κ3) is 6.73. The summed E-state index contributed by atoms with van der Waals surface area (Å²) < 4.78 is 120. The van der Waals surface area contributed by atoms with Gasteiger partial charge < -0.3 is 4.90 Å². The molecule has 0 radical (unpaired) electrons. The van der Waals surface area contributed by atoms with Crippen molar-refractivity contribution < 1.29 is 40.0 Å². The Kier molecular flexibility index (Phi) is 10.7. The minimum Gasteiger partial charge on any atom is -0.337 e. The first-order valence-electron chi connectivity index (χ1n) is 15.4. The second-order valence-electron chi connectivity index (χ2n) is 12.8. The van der Waals surface area contributed by atoms with Crippen molar-refractivity contribution in [2.45, 2.75) is 65.8 Å². The van der Waals surface area contributed by atoms with Gasteiger partial charge in [0.2, 0.25) is 0 Å². The number of quaternary nitrogens is 1. The third-order valence-electron chi connectivity index (χ3n) is 9.40. The van der Waals surface area contributed by atoms with Crippen LogP contribution in [0.1, 0.15) is 54.4 Å². The van der Waals surface area contributed by atoms with E-state index in [0.717, 1.165) is 30.3 Å². The molecule has 0 unspecified atom stereocenters. The molecule has 0 aromatic heterocycles. The Labute approximate surface area is 265 Å². The molecule has 4 aromatic rings. The fourth-order valence-electron chi connectivity index (χ4n) is 6.73. The molecule has 1 fully saturated rings. The van der Waals surface area contributed by atoms with Crippen LogP contribution in [0.3, 0.4) is 0 Å². The number of benzene rings is 4. The van der Waals surface area contributed by atoms with Gasteiger partial charge in [-0.3, -0.25) is 0 Å². The molecule has 10 heteroatoms. The summed E-state index contributed by atoms with van der Waals surface area (Å²) in [6, 6.07) is 6.79. The Hall–Kier alpha value is -3.66. The second-order valence-corrected chi connectivity index (χ2v) is 12.8. The lowest BCUT2D eigenvalue weighted by atomic mass is 9.12. The first-order chi connectivity index (χ1) is 21.6. The zero-order valence-corrected chi connectivity index (χ0v) is 26.8. The zero-order valence-electron chi connectivity index (χ0n) is 26.8. The van der Waals surface area contributed by atoms with Crippen LogP contribution in [-0.4, -0.2) is 26.3 Å². The second kappa shape index (κ2) is 14.0. The van der Waals surface area contributed by atoms with Gasteiger partial charge in [-0.15, -0.1) is 0 Å². The van der Waals surface area contributed by atoms with Crippen LogP contribution < -0.4 is 26.8 Å². The number of aryl methyl sites for hydroxylation is 4. The van der Waals surface area contributed by atoms with Crippen molar-refractivity contribution in [1.29, 1.82) is 0 Å². The maximum Gasteiger partial charge on any atom is 0.128 e. The maximum atomic E-state index is 15.7. The summed E-state index contributed by atoms with van der Waals surface area (Å²) in [7, 11) is 4.55. The highest BCUT2D eigenvalue weighted by Gasteiger charge is 2.41. The molecule has 0 atom stereocenters. The summed E-state index contributed by atoms with van der Waals surface area (Å²) in [5.41, 5.74) is -2.73. The van der Waals surface area contributed by atoms with Gasteiger partial charge in [0.15, 0.2) is 0 Å². The predicted molar refractivity (Wildman–Crippen MR) is 168 cm³/mol. The van der Waals surface area contributed by atoms with E-state index in [2.05, 4.69) is 14.1 Å². The van der Waals surface area contributed by atoms with Gasteiger partial charge in [-0.25, -0.2) is 35.1 Å². The van der Waals surface area contributed by atoms with Gasteiger partial charge in [-0.1, -0.05) is 30.7 Å². The summed E-state index contributed by atoms with van der Waals surface area (Å²) in [4.78, 5) is 1.65. The normalized spacial score (nSPS) is 14.0. The van der Waals surface area contributed by atoms with Gasteiger partial charge in [0, 0.05) is 24.3 Å².